The molecule has 1 atom stereocenters. The van der Waals surface area contributed by atoms with Gasteiger partial charge in [0.1, 0.15) is 0 Å². The summed E-state index contributed by atoms with van der Waals surface area (Å²) >= 11 is 0. The lowest BCUT2D eigenvalue weighted by Gasteiger charge is -2.17. The fourth-order valence-corrected chi connectivity index (χ4v) is 2.25. The third-order valence-electron chi connectivity index (χ3n) is 2.98. The highest BCUT2D eigenvalue weighted by Crippen LogP contribution is 2.21. The van der Waals surface area contributed by atoms with Gasteiger partial charge in [0.15, 0.2) is 0 Å². The smallest absolute Gasteiger partial charge is 0.305 e. The topological polar surface area (TPSA) is 29.5 Å². The second-order valence-corrected chi connectivity index (χ2v) is 4.92. The highest BCUT2D eigenvalue weighted by atomic mass is 16.5. The van der Waals surface area contributed by atoms with Gasteiger partial charge < -0.3 is 9.64 Å². The zero-order valence-corrected chi connectivity index (χ0v) is 10.2. The summed E-state index contributed by atoms with van der Waals surface area (Å²) in [6.07, 6.45) is 2.81. The summed E-state index contributed by atoms with van der Waals surface area (Å²) in [5.41, 5.74) is 0. The molecule has 1 fully saturated rings. The monoisotopic (exact) mass is 213 g/mol. The maximum absolute atomic E-state index is 11.0. The highest BCUT2D eigenvalue weighted by Gasteiger charge is 2.23. The normalized spacial score (nSPS) is 22.3. The Balaban J connectivity index is 2.16. The summed E-state index contributed by atoms with van der Waals surface area (Å²) in [6.45, 7) is 8.05. The highest BCUT2D eigenvalue weighted by molar-refractivity contribution is 5.69. The van der Waals surface area contributed by atoms with Gasteiger partial charge in [0, 0.05) is 19.5 Å². The average Bonchev–Trinajstić information content (AvgIpc) is 2.61. The molecule has 1 unspecified atom stereocenters. The van der Waals surface area contributed by atoms with Gasteiger partial charge in [0.2, 0.25) is 0 Å². The van der Waals surface area contributed by atoms with E-state index in [0.717, 1.165) is 18.9 Å². The summed E-state index contributed by atoms with van der Waals surface area (Å²) < 4.78 is 4.65. The number of nitrogens with zero attached hydrogens (tertiary/aromatic N) is 1. The van der Waals surface area contributed by atoms with Crippen molar-refractivity contribution in [1.29, 1.82) is 0 Å². The van der Waals surface area contributed by atoms with E-state index in [1.54, 1.807) is 0 Å². The van der Waals surface area contributed by atoms with E-state index in [4.69, 9.17) is 0 Å². The molecule has 3 nitrogen and oxygen atoms in total. The van der Waals surface area contributed by atoms with Gasteiger partial charge in [-0.15, -0.1) is 0 Å². The van der Waals surface area contributed by atoms with E-state index in [2.05, 4.69) is 23.5 Å². The number of methoxy groups -OCH3 is 1. The number of hydrogen-bond donors (Lipinski definition) is 0. The summed E-state index contributed by atoms with van der Waals surface area (Å²) in [4.78, 5) is 13.5. The fourth-order valence-electron chi connectivity index (χ4n) is 2.25. The Morgan fingerprint density at radius 3 is 2.87 bits per heavy atom. The zero-order valence-electron chi connectivity index (χ0n) is 10.2. The van der Waals surface area contributed by atoms with Crippen LogP contribution in [-0.4, -0.2) is 37.6 Å². The van der Waals surface area contributed by atoms with Gasteiger partial charge in [-0.25, -0.2) is 0 Å². The third-order valence-corrected chi connectivity index (χ3v) is 2.98. The largest absolute Gasteiger partial charge is 0.469 e. The Bertz CT molecular complexity index is 204. The molecular formula is C12H23NO2. The van der Waals surface area contributed by atoms with E-state index >= 15 is 0 Å². The summed E-state index contributed by atoms with van der Waals surface area (Å²) in [7, 11) is 1.46. The molecule has 0 saturated carbocycles. The Labute approximate surface area is 92.8 Å². The quantitative estimate of drug-likeness (QED) is 0.653. The number of carbonyl (C=O) groups excluding carboxylic acids is 1. The van der Waals surface area contributed by atoms with Crippen molar-refractivity contribution in [2.75, 3.05) is 26.7 Å². The Morgan fingerprint density at radius 2 is 2.27 bits per heavy atom. The summed E-state index contributed by atoms with van der Waals surface area (Å²) in [5.74, 6) is 1.37. The Hall–Kier alpha value is -0.570. The van der Waals surface area contributed by atoms with Crippen LogP contribution in [-0.2, 0) is 9.53 Å². The molecule has 1 saturated heterocycles. The molecule has 0 aromatic rings. The molecule has 0 aromatic heterocycles. The van der Waals surface area contributed by atoms with Crippen molar-refractivity contribution >= 4 is 5.97 Å². The van der Waals surface area contributed by atoms with Crippen molar-refractivity contribution in [3.05, 3.63) is 0 Å². The van der Waals surface area contributed by atoms with Gasteiger partial charge in [-0.2, -0.15) is 0 Å². The van der Waals surface area contributed by atoms with Crippen molar-refractivity contribution in [2.45, 2.75) is 33.1 Å². The molecular weight excluding hydrogens is 190 g/mol. The van der Waals surface area contributed by atoms with Crippen LogP contribution in [0.4, 0.5) is 0 Å². The first-order valence-corrected chi connectivity index (χ1v) is 5.91. The first kappa shape index (κ1) is 12.5. The average molecular weight is 213 g/mol. The van der Waals surface area contributed by atoms with Gasteiger partial charge in [-0.3, -0.25) is 4.79 Å². The Kier molecular flexibility index (Phi) is 5.09. The van der Waals surface area contributed by atoms with Gasteiger partial charge >= 0.3 is 5.97 Å². The number of ether oxygens (including phenoxy) is 1. The van der Waals surface area contributed by atoms with E-state index in [-0.39, 0.29) is 5.97 Å². The molecule has 0 aromatic carbocycles. The minimum atomic E-state index is -0.0719. The zero-order chi connectivity index (χ0) is 11.3. The van der Waals surface area contributed by atoms with Crippen molar-refractivity contribution in [2.24, 2.45) is 11.8 Å². The lowest BCUT2D eigenvalue weighted by molar-refractivity contribution is -0.140. The van der Waals surface area contributed by atoms with Gasteiger partial charge in [-0.05, 0) is 31.2 Å². The molecule has 15 heavy (non-hydrogen) atoms. The molecule has 1 heterocycles. The maximum Gasteiger partial charge on any atom is 0.305 e. The lowest BCUT2D eigenvalue weighted by Crippen LogP contribution is -2.25. The Morgan fingerprint density at radius 1 is 1.53 bits per heavy atom. The standard InChI is InChI=1S/C12H23NO2/c1-10(2)8-13-7-6-11(9-13)4-5-12(14)15-3/h10-11H,4-9H2,1-3H3. The second-order valence-electron chi connectivity index (χ2n) is 4.92. The van der Waals surface area contributed by atoms with Gasteiger partial charge in [-0.1, -0.05) is 13.8 Å². The number of hydrogen-bond acceptors (Lipinski definition) is 3. The molecule has 0 N–H and O–H groups in total. The second kappa shape index (κ2) is 6.11. The van der Waals surface area contributed by atoms with E-state index in [1.807, 2.05) is 0 Å². The molecule has 0 radical (unpaired) electrons. The molecule has 0 amide bonds. The van der Waals surface area contributed by atoms with E-state index in [0.29, 0.717) is 12.3 Å². The molecule has 1 aliphatic rings. The maximum atomic E-state index is 11.0. The number of likely N-dealkylation sites (tertiary alicyclic amines) is 1. The van der Waals surface area contributed by atoms with Crippen LogP contribution in [0.15, 0.2) is 0 Å². The summed E-state index contributed by atoms with van der Waals surface area (Å²) in [5, 5.41) is 0. The molecule has 0 spiro atoms. The first-order valence-electron chi connectivity index (χ1n) is 5.91. The van der Waals surface area contributed by atoms with E-state index in [9.17, 15) is 4.79 Å². The van der Waals surface area contributed by atoms with Crippen LogP contribution >= 0.6 is 0 Å². The first-order chi connectivity index (χ1) is 7.11. The lowest BCUT2D eigenvalue weighted by atomic mass is 10.0. The molecule has 1 aliphatic heterocycles. The minimum Gasteiger partial charge on any atom is -0.469 e. The molecule has 0 bridgehead atoms. The van der Waals surface area contributed by atoms with Crippen LogP contribution in [0.2, 0.25) is 0 Å². The molecule has 88 valence electrons. The van der Waals surface area contributed by atoms with Crippen molar-refractivity contribution < 1.29 is 9.53 Å². The van der Waals surface area contributed by atoms with Crippen LogP contribution in [0.25, 0.3) is 0 Å². The SMILES string of the molecule is COC(=O)CCC1CCN(CC(C)C)C1. The van der Waals surface area contributed by atoms with Crippen molar-refractivity contribution in [3.63, 3.8) is 0 Å². The van der Waals surface area contributed by atoms with Crippen molar-refractivity contribution in [3.8, 4) is 0 Å². The van der Waals surface area contributed by atoms with Crippen LogP contribution < -0.4 is 0 Å². The minimum absolute atomic E-state index is 0.0719. The molecule has 3 heteroatoms. The predicted octanol–water partition coefficient (Wildman–Crippen LogP) is 1.92. The van der Waals surface area contributed by atoms with Crippen LogP contribution in [0.1, 0.15) is 33.1 Å². The summed E-state index contributed by atoms with van der Waals surface area (Å²) in [6, 6.07) is 0. The van der Waals surface area contributed by atoms with Crippen molar-refractivity contribution in [1.82, 2.24) is 4.90 Å². The fraction of sp³-hybridized carbons (Fsp3) is 0.917. The van der Waals surface area contributed by atoms with Crippen LogP contribution in [0.3, 0.4) is 0 Å². The number of esters is 1. The van der Waals surface area contributed by atoms with Gasteiger partial charge in [0.05, 0.1) is 7.11 Å². The van der Waals surface area contributed by atoms with Crippen LogP contribution in [0.5, 0.6) is 0 Å². The predicted molar refractivity (Wildman–Crippen MR) is 60.6 cm³/mol. The van der Waals surface area contributed by atoms with E-state index < -0.39 is 0 Å². The van der Waals surface area contributed by atoms with Crippen LogP contribution in [0, 0.1) is 11.8 Å². The molecule has 1 rings (SSSR count). The third kappa shape index (κ3) is 4.65. The number of rotatable bonds is 5. The number of carbonyl (C=O) groups is 1. The molecule has 0 aliphatic carbocycles. The van der Waals surface area contributed by atoms with Gasteiger partial charge in [0.25, 0.3) is 0 Å². The van der Waals surface area contributed by atoms with E-state index in [1.165, 1.54) is 26.6 Å².